The van der Waals surface area contributed by atoms with Crippen molar-refractivity contribution >= 4 is 52.2 Å². The van der Waals surface area contributed by atoms with Gasteiger partial charge in [0.05, 0.1) is 59.3 Å². The van der Waals surface area contributed by atoms with E-state index in [-0.39, 0.29) is 63.5 Å². The van der Waals surface area contributed by atoms with Crippen LogP contribution in [0.5, 0.6) is 34.5 Å². The van der Waals surface area contributed by atoms with Crippen molar-refractivity contribution in [1.82, 2.24) is 15.2 Å². The van der Waals surface area contributed by atoms with E-state index >= 15 is 0 Å². The summed E-state index contributed by atoms with van der Waals surface area (Å²) >= 11 is 6.07. The molecular formula is C53H50ClN3O13. The number of rotatable bonds is 16. The number of amides is 2. The topological polar surface area (TPSA) is 188 Å². The van der Waals surface area contributed by atoms with E-state index < -0.39 is 35.8 Å². The molecule has 0 bridgehead atoms. The first-order valence-electron chi connectivity index (χ1n) is 22.6. The predicted molar refractivity (Wildman–Crippen MR) is 255 cm³/mol. The number of cyclic esters (lactones) is 1. The summed E-state index contributed by atoms with van der Waals surface area (Å²) in [5.41, 5.74) is 6.12. The Labute approximate surface area is 408 Å². The second-order valence-electron chi connectivity index (χ2n) is 17.1. The predicted octanol–water partition coefficient (Wildman–Crippen LogP) is 7.53. The molecule has 6 aromatic rings. The molecule has 70 heavy (non-hydrogen) atoms. The van der Waals surface area contributed by atoms with Crippen molar-refractivity contribution in [3.8, 4) is 34.5 Å². The van der Waals surface area contributed by atoms with E-state index in [0.29, 0.717) is 78.5 Å². The number of carbonyl (C=O) groups is 5. The fraction of sp³-hybridized carbons (Fsp3) is 0.302. The summed E-state index contributed by atoms with van der Waals surface area (Å²) < 4.78 is 47.2. The van der Waals surface area contributed by atoms with Gasteiger partial charge in [-0.1, -0.05) is 35.9 Å². The number of methoxy groups -OCH3 is 4. The molecule has 16 nitrogen and oxygen atoms in total. The molecular weight excluding hydrogens is 922 g/mol. The number of benzene rings is 5. The molecule has 2 N–H and O–H groups in total. The van der Waals surface area contributed by atoms with E-state index in [2.05, 4.69) is 10.6 Å². The van der Waals surface area contributed by atoms with Crippen LogP contribution in [0.3, 0.4) is 0 Å². The number of hydrogen-bond acceptors (Lipinski definition) is 13. The zero-order chi connectivity index (χ0) is 49.2. The normalized spacial score (nSPS) is 17.5. The molecule has 9 rings (SSSR count). The van der Waals surface area contributed by atoms with Crippen LogP contribution in [0.2, 0.25) is 5.02 Å². The van der Waals surface area contributed by atoms with Crippen LogP contribution in [-0.4, -0.2) is 76.1 Å². The molecule has 0 saturated carbocycles. The van der Waals surface area contributed by atoms with Crippen molar-refractivity contribution in [2.75, 3.05) is 41.8 Å². The molecule has 1 aromatic heterocycles. The van der Waals surface area contributed by atoms with Crippen molar-refractivity contribution < 1.29 is 61.9 Å². The molecule has 4 atom stereocenters. The maximum atomic E-state index is 13.7. The maximum absolute atomic E-state index is 13.7. The number of nitrogens with zero attached hydrogens (tertiary/aromatic N) is 1. The van der Waals surface area contributed by atoms with Crippen molar-refractivity contribution in [3.05, 3.63) is 141 Å². The average molecular weight is 972 g/mol. The van der Waals surface area contributed by atoms with Crippen LogP contribution in [0.15, 0.2) is 91.0 Å². The lowest BCUT2D eigenvalue weighted by Gasteiger charge is -2.38. The Morgan fingerprint density at radius 2 is 1.37 bits per heavy atom. The molecule has 5 aromatic carbocycles. The first-order chi connectivity index (χ1) is 33.9. The maximum Gasteiger partial charge on any atom is 0.310 e. The lowest BCUT2D eigenvalue weighted by atomic mass is 9.66. The second-order valence-corrected chi connectivity index (χ2v) is 17.6. The minimum Gasteiger partial charge on any atom is -0.497 e. The third kappa shape index (κ3) is 9.26. The standard InChI is InChI=1S/C53H50ClN3O13/c1-28-35(36-20-34(63-2)14-15-40(36)57(28)52(61)31-10-12-33(54)13-11-31)23-46(59)56-25-30-8-6-29(7-9-30)24-55-45(58)16-17-47(60)70-50-38-22-42-41(68-27-69-42)21-37(38)48(49-39(50)26-67-53(49)62)32-18-43(64-3)51(66-5)44(19-32)65-4/h6-15,18-22,39,48-50H,16-17,23-27H2,1-5H3,(H,55,58)(H,56,59)/t39?,48-,49+,50+/m0/s1. The molecule has 362 valence electrons. The van der Waals surface area contributed by atoms with E-state index in [4.69, 9.17) is 49.5 Å². The van der Waals surface area contributed by atoms with Gasteiger partial charge >= 0.3 is 11.9 Å². The molecule has 0 spiro atoms. The highest BCUT2D eigenvalue weighted by atomic mass is 35.5. The fourth-order valence-electron chi connectivity index (χ4n) is 9.64. The number of carbonyl (C=O) groups excluding carboxylic acids is 5. The van der Waals surface area contributed by atoms with Gasteiger partial charge in [0, 0.05) is 58.6 Å². The minimum atomic E-state index is -0.885. The van der Waals surface area contributed by atoms with Crippen molar-refractivity contribution in [3.63, 3.8) is 0 Å². The van der Waals surface area contributed by atoms with Crippen LogP contribution in [-0.2, 0) is 48.2 Å². The SMILES string of the molecule is COc1ccc2c(c1)c(CC(=O)NCc1ccc(CNC(=O)CCC(=O)O[C@@H]3c4cc5c(cc4[C@H](c4cc(OC)c(OC)c(OC)c4)[C@@H]4C(=O)OCC34)OCO5)cc1)c(C)n2C(=O)c1ccc(Cl)cc1. The van der Waals surface area contributed by atoms with Gasteiger partial charge in [0.15, 0.2) is 23.0 Å². The molecule has 1 aliphatic carbocycles. The third-order valence-electron chi connectivity index (χ3n) is 13.2. The van der Waals surface area contributed by atoms with E-state index in [0.717, 1.165) is 16.5 Å². The van der Waals surface area contributed by atoms with E-state index in [1.54, 1.807) is 66.3 Å². The van der Waals surface area contributed by atoms with Crippen LogP contribution in [0.25, 0.3) is 10.9 Å². The van der Waals surface area contributed by atoms with E-state index in [1.807, 2.05) is 43.3 Å². The lowest BCUT2D eigenvalue weighted by molar-refractivity contribution is -0.155. The van der Waals surface area contributed by atoms with Crippen molar-refractivity contribution in [2.24, 2.45) is 11.8 Å². The van der Waals surface area contributed by atoms with Crippen LogP contribution in [0.4, 0.5) is 0 Å². The Bertz CT molecular complexity index is 3000. The van der Waals surface area contributed by atoms with Gasteiger partial charge in [0.2, 0.25) is 24.4 Å². The average Bonchev–Trinajstić information content (AvgIpc) is 4.08. The van der Waals surface area contributed by atoms with E-state index in [1.165, 1.54) is 21.3 Å². The smallest absolute Gasteiger partial charge is 0.310 e. The molecule has 2 amide bonds. The lowest BCUT2D eigenvalue weighted by Crippen LogP contribution is -2.36. The van der Waals surface area contributed by atoms with Gasteiger partial charge in [-0.2, -0.15) is 0 Å². The zero-order valence-corrected chi connectivity index (χ0v) is 39.8. The van der Waals surface area contributed by atoms with Gasteiger partial charge in [-0.25, -0.2) is 0 Å². The van der Waals surface area contributed by atoms with Gasteiger partial charge in [-0.3, -0.25) is 28.5 Å². The van der Waals surface area contributed by atoms with Gasteiger partial charge in [0.1, 0.15) is 11.9 Å². The second kappa shape index (κ2) is 20.1. The molecule has 3 aliphatic rings. The van der Waals surface area contributed by atoms with Gasteiger partial charge in [-0.15, -0.1) is 0 Å². The summed E-state index contributed by atoms with van der Waals surface area (Å²) in [5.74, 6) is -0.981. The number of fused-ring (bicyclic) bond motifs is 4. The Kier molecular flexibility index (Phi) is 13.6. The molecule has 17 heteroatoms. The molecule has 0 radical (unpaired) electrons. The van der Waals surface area contributed by atoms with Gasteiger partial charge < -0.3 is 48.5 Å². The Morgan fingerprint density at radius 3 is 2.00 bits per heavy atom. The summed E-state index contributed by atoms with van der Waals surface area (Å²) in [7, 11) is 6.10. The monoisotopic (exact) mass is 971 g/mol. The quantitative estimate of drug-likeness (QED) is 0.0908. The molecule has 2 aliphatic heterocycles. The summed E-state index contributed by atoms with van der Waals surface area (Å²) in [6, 6.07) is 26.7. The number of hydrogen-bond donors (Lipinski definition) is 2. The Balaban J connectivity index is 0.809. The third-order valence-corrected chi connectivity index (χ3v) is 13.4. The highest BCUT2D eigenvalue weighted by Crippen LogP contribution is 2.56. The van der Waals surface area contributed by atoms with Crippen LogP contribution in [0.1, 0.15) is 74.3 Å². The van der Waals surface area contributed by atoms with Gasteiger partial charge in [0.25, 0.3) is 5.91 Å². The molecule has 1 unspecified atom stereocenters. The highest BCUT2D eigenvalue weighted by molar-refractivity contribution is 6.30. The van der Waals surface area contributed by atoms with Crippen molar-refractivity contribution in [2.45, 2.75) is 51.3 Å². The number of ether oxygens (including phenoxy) is 8. The summed E-state index contributed by atoms with van der Waals surface area (Å²) in [4.78, 5) is 67.3. The first-order valence-corrected chi connectivity index (χ1v) is 23.0. The van der Waals surface area contributed by atoms with Crippen LogP contribution in [0, 0.1) is 18.8 Å². The van der Waals surface area contributed by atoms with Crippen LogP contribution < -0.4 is 39.1 Å². The molecule has 1 fully saturated rings. The number of esters is 2. The number of halogens is 1. The molecule has 3 heterocycles. The minimum absolute atomic E-state index is 0.00793. The highest BCUT2D eigenvalue weighted by Gasteiger charge is 2.54. The Hall–Kier alpha value is -7.72. The van der Waals surface area contributed by atoms with Crippen LogP contribution >= 0.6 is 11.6 Å². The van der Waals surface area contributed by atoms with Crippen molar-refractivity contribution in [1.29, 1.82) is 0 Å². The first kappa shape index (κ1) is 47.4. The number of nitrogens with one attached hydrogen (secondary N) is 2. The van der Waals surface area contributed by atoms with Gasteiger partial charge in [-0.05, 0) is 101 Å². The largest absolute Gasteiger partial charge is 0.497 e. The Morgan fingerprint density at radius 1 is 0.729 bits per heavy atom. The fourth-order valence-corrected chi connectivity index (χ4v) is 9.77. The summed E-state index contributed by atoms with van der Waals surface area (Å²) in [6.07, 6.45) is -1.21. The zero-order valence-electron chi connectivity index (χ0n) is 39.1. The molecule has 1 saturated heterocycles. The van der Waals surface area contributed by atoms with E-state index in [9.17, 15) is 24.0 Å². The summed E-state index contributed by atoms with van der Waals surface area (Å²) in [6.45, 7) is 2.30. The summed E-state index contributed by atoms with van der Waals surface area (Å²) in [5, 5.41) is 7.10. The number of aromatic nitrogens is 1.